The van der Waals surface area contributed by atoms with Gasteiger partial charge in [0.15, 0.2) is 0 Å². The summed E-state index contributed by atoms with van der Waals surface area (Å²) >= 11 is 3.11. The summed E-state index contributed by atoms with van der Waals surface area (Å²) in [7, 11) is 1.72. The minimum absolute atomic E-state index is 0.131. The summed E-state index contributed by atoms with van der Waals surface area (Å²) in [6, 6.07) is 5.26. The number of hydrogen-bond acceptors (Lipinski definition) is 2. The molecule has 1 aromatic heterocycles. The topological polar surface area (TPSA) is 51.1 Å². The van der Waals surface area contributed by atoms with Crippen molar-refractivity contribution in [3.63, 3.8) is 0 Å². The zero-order valence-corrected chi connectivity index (χ0v) is 11.6. The van der Waals surface area contributed by atoms with E-state index in [9.17, 15) is 14.0 Å². The number of nitrogens with zero attached hydrogens (tertiary/aromatic N) is 1. The lowest BCUT2D eigenvalue weighted by molar-refractivity contribution is 0.102. The Labute approximate surface area is 117 Å². The number of amides is 1. The largest absolute Gasteiger partial charge is 0.354 e. The number of pyridine rings is 1. The van der Waals surface area contributed by atoms with Crippen molar-refractivity contribution in [1.29, 1.82) is 0 Å². The first kappa shape index (κ1) is 13.5. The van der Waals surface area contributed by atoms with Crippen LogP contribution in [0.1, 0.15) is 10.4 Å². The molecule has 0 fully saturated rings. The number of anilines is 1. The molecule has 0 spiro atoms. The number of halogens is 2. The maximum atomic E-state index is 13.0. The van der Waals surface area contributed by atoms with Gasteiger partial charge in [-0.3, -0.25) is 9.59 Å². The number of aromatic nitrogens is 1. The predicted octanol–water partition coefficient (Wildman–Crippen LogP) is 2.54. The second-order valence-electron chi connectivity index (χ2n) is 3.98. The van der Waals surface area contributed by atoms with E-state index in [4.69, 9.17) is 0 Å². The first-order chi connectivity index (χ1) is 8.97. The number of hydrogen-bond donors (Lipinski definition) is 1. The van der Waals surface area contributed by atoms with Crippen LogP contribution in [-0.4, -0.2) is 10.5 Å². The van der Waals surface area contributed by atoms with Crippen LogP contribution in [0.4, 0.5) is 10.1 Å². The molecule has 0 atom stereocenters. The van der Waals surface area contributed by atoms with Crippen molar-refractivity contribution in [2.45, 2.75) is 0 Å². The summed E-state index contributed by atoms with van der Waals surface area (Å²) in [5.41, 5.74) is -0.0454. The van der Waals surface area contributed by atoms with Gasteiger partial charge in [-0.15, -0.1) is 0 Å². The van der Waals surface area contributed by atoms with Crippen molar-refractivity contribution in [2.75, 3.05) is 5.32 Å². The van der Waals surface area contributed by atoms with Crippen molar-refractivity contribution < 1.29 is 9.18 Å². The number of rotatable bonds is 2. The smallest absolute Gasteiger partial charge is 0.255 e. The zero-order valence-electron chi connectivity index (χ0n) is 9.98. The molecule has 1 heterocycles. The average molecular weight is 325 g/mol. The van der Waals surface area contributed by atoms with E-state index >= 15 is 0 Å². The highest BCUT2D eigenvalue weighted by molar-refractivity contribution is 9.10. The van der Waals surface area contributed by atoms with Crippen LogP contribution in [0.5, 0.6) is 0 Å². The van der Waals surface area contributed by atoms with Gasteiger partial charge in [-0.05, 0) is 34.1 Å². The number of carbonyl (C=O) groups excluding carboxylic acids is 1. The van der Waals surface area contributed by atoms with E-state index in [2.05, 4.69) is 21.2 Å². The first-order valence-corrected chi connectivity index (χ1v) is 6.19. The Kier molecular flexibility index (Phi) is 3.80. The third-order valence-corrected chi connectivity index (χ3v) is 3.01. The molecule has 1 aromatic carbocycles. The van der Waals surface area contributed by atoms with Crippen molar-refractivity contribution in [3.05, 3.63) is 62.7 Å². The lowest BCUT2D eigenvalue weighted by atomic mass is 10.2. The predicted molar refractivity (Wildman–Crippen MR) is 73.7 cm³/mol. The quantitative estimate of drug-likeness (QED) is 0.922. The molecule has 2 aromatic rings. The summed E-state index contributed by atoms with van der Waals surface area (Å²) in [6.07, 6.45) is 3.07. The van der Waals surface area contributed by atoms with Gasteiger partial charge in [0.1, 0.15) is 11.5 Å². The van der Waals surface area contributed by atoms with Crippen molar-refractivity contribution in [1.82, 2.24) is 4.57 Å². The van der Waals surface area contributed by atoms with Crippen molar-refractivity contribution in [3.8, 4) is 0 Å². The monoisotopic (exact) mass is 324 g/mol. The maximum Gasteiger partial charge on any atom is 0.255 e. The van der Waals surface area contributed by atoms with Crippen molar-refractivity contribution >= 4 is 27.5 Å². The standard InChI is InChI=1S/C13H10BrFN2O2/c1-17-6-10(14)12(18)11(7-17)16-13(19)8-3-2-4-9(15)5-8/h2-7H,1H3,(H,16,19). The van der Waals surface area contributed by atoms with Crippen LogP contribution < -0.4 is 10.7 Å². The van der Waals surface area contributed by atoms with Gasteiger partial charge in [0.2, 0.25) is 5.43 Å². The SMILES string of the molecule is Cn1cc(Br)c(=O)c(NC(=O)c2cccc(F)c2)c1. The van der Waals surface area contributed by atoms with Gasteiger partial charge < -0.3 is 9.88 Å². The van der Waals surface area contributed by atoms with Gasteiger partial charge in [-0.25, -0.2) is 4.39 Å². The van der Waals surface area contributed by atoms with E-state index in [0.717, 1.165) is 6.07 Å². The molecule has 0 aliphatic heterocycles. The van der Waals surface area contributed by atoms with Crippen LogP contribution in [0.2, 0.25) is 0 Å². The summed E-state index contributed by atoms with van der Waals surface area (Å²) in [5.74, 6) is -1.04. The van der Waals surface area contributed by atoms with Crippen molar-refractivity contribution in [2.24, 2.45) is 7.05 Å². The van der Waals surface area contributed by atoms with Gasteiger partial charge >= 0.3 is 0 Å². The van der Waals surface area contributed by atoms with E-state index in [1.54, 1.807) is 17.8 Å². The summed E-state index contributed by atoms with van der Waals surface area (Å²) in [5, 5.41) is 2.47. The van der Waals surface area contributed by atoms with E-state index in [1.165, 1.54) is 24.4 Å². The summed E-state index contributed by atoms with van der Waals surface area (Å²) in [6.45, 7) is 0. The molecule has 6 heteroatoms. The molecule has 0 radical (unpaired) electrons. The highest BCUT2D eigenvalue weighted by Crippen LogP contribution is 2.10. The molecule has 98 valence electrons. The number of aryl methyl sites for hydroxylation is 1. The Morgan fingerprint density at radius 3 is 2.79 bits per heavy atom. The number of benzene rings is 1. The van der Waals surface area contributed by atoms with Crippen LogP contribution in [0, 0.1) is 5.82 Å². The van der Waals surface area contributed by atoms with Gasteiger partial charge in [-0.2, -0.15) is 0 Å². The highest BCUT2D eigenvalue weighted by Gasteiger charge is 2.11. The Hall–Kier alpha value is -1.95. The Bertz CT molecular complexity index is 697. The number of nitrogens with one attached hydrogen (secondary N) is 1. The molecule has 0 saturated carbocycles. The van der Waals surface area contributed by atoms with E-state index in [0.29, 0.717) is 4.47 Å². The highest BCUT2D eigenvalue weighted by atomic mass is 79.9. The molecule has 0 unspecified atom stereocenters. The fraction of sp³-hybridized carbons (Fsp3) is 0.0769. The average Bonchev–Trinajstić information content (AvgIpc) is 2.35. The molecule has 2 rings (SSSR count). The van der Waals surface area contributed by atoms with E-state index in [-0.39, 0.29) is 16.7 Å². The Morgan fingerprint density at radius 1 is 1.37 bits per heavy atom. The van der Waals surface area contributed by atoms with E-state index < -0.39 is 11.7 Å². The van der Waals surface area contributed by atoms with Gasteiger partial charge in [0.25, 0.3) is 5.91 Å². The number of carbonyl (C=O) groups is 1. The summed E-state index contributed by atoms with van der Waals surface area (Å²) < 4.78 is 15.0. The van der Waals surface area contributed by atoms with Gasteiger partial charge in [0, 0.05) is 25.0 Å². The lowest BCUT2D eigenvalue weighted by Crippen LogP contribution is -2.20. The summed E-state index contributed by atoms with van der Waals surface area (Å²) in [4.78, 5) is 23.7. The fourth-order valence-corrected chi connectivity index (χ4v) is 2.12. The second-order valence-corrected chi connectivity index (χ2v) is 4.83. The van der Waals surface area contributed by atoms with Crippen LogP contribution in [-0.2, 0) is 7.05 Å². The Morgan fingerprint density at radius 2 is 2.11 bits per heavy atom. The van der Waals surface area contributed by atoms with Crippen LogP contribution in [0.15, 0.2) is 45.9 Å². The van der Waals surface area contributed by atoms with Gasteiger partial charge in [0.05, 0.1) is 4.47 Å². The maximum absolute atomic E-state index is 13.0. The second kappa shape index (κ2) is 5.36. The Balaban J connectivity index is 2.32. The van der Waals surface area contributed by atoms with Crippen LogP contribution in [0.25, 0.3) is 0 Å². The van der Waals surface area contributed by atoms with E-state index in [1.807, 2.05) is 0 Å². The van der Waals surface area contributed by atoms with Gasteiger partial charge in [-0.1, -0.05) is 6.07 Å². The molecule has 1 amide bonds. The zero-order chi connectivity index (χ0) is 14.0. The molecule has 4 nitrogen and oxygen atoms in total. The first-order valence-electron chi connectivity index (χ1n) is 5.40. The minimum atomic E-state index is -0.533. The molecular weight excluding hydrogens is 315 g/mol. The van der Waals surface area contributed by atoms with Crippen LogP contribution >= 0.6 is 15.9 Å². The van der Waals surface area contributed by atoms with Crippen LogP contribution in [0.3, 0.4) is 0 Å². The minimum Gasteiger partial charge on any atom is -0.354 e. The third kappa shape index (κ3) is 3.08. The molecule has 0 saturated heterocycles. The fourth-order valence-electron chi connectivity index (χ4n) is 1.58. The molecule has 0 aliphatic carbocycles. The normalized spacial score (nSPS) is 10.3. The molecule has 0 aliphatic rings. The molecule has 1 N–H and O–H groups in total. The molecule has 0 bridgehead atoms. The molecular formula is C13H10BrFN2O2. The third-order valence-electron chi connectivity index (χ3n) is 2.45. The molecule has 19 heavy (non-hydrogen) atoms. The lowest BCUT2D eigenvalue weighted by Gasteiger charge is -2.07.